The summed E-state index contributed by atoms with van der Waals surface area (Å²) in [5.74, 6) is 0.585. The maximum absolute atomic E-state index is 12.1. The smallest absolute Gasteiger partial charge is 0.406 e. The number of hydrogen-bond donors (Lipinski definition) is 2. The zero-order chi connectivity index (χ0) is 18.4. The number of halogens is 4. The number of alkyl halides is 3. The zero-order valence-corrected chi connectivity index (χ0v) is 17.3. The number of guanidine groups is 1. The van der Waals surface area contributed by atoms with Crippen molar-refractivity contribution >= 4 is 35.6 Å². The van der Waals surface area contributed by atoms with Crippen LogP contribution in [0, 0.1) is 5.92 Å². The van der Waals surface area contributed by atoms with Crippen molar-refractivity contribution in [3.8, 4) is 5.75 Å². The van der Waals surface area contributed by atoms with Crippen LogP contribution in [0.25, 0.3) is 0 Å². The fourth-order valence-corrected chi connectivity index (χ4v) is 2.94. The maximum Gasteiger partial charge on any atom is 0.573 e. The van der Waals surface area contributed by atoms with Gasteiger partial charge in [-0.3, -0.25) is 9.89 Å². The summed E-state index contributed by atoms with van der Waals surface area (Å²) in [4.78, 5) is 6.81. The van der Waals surface area contributed by atoms with E-state index in [0.29, 0.717) is 24.2 Å². The van der Waals surface area contributed by atoms with Gasteiger partial charge in [0.15, 0.2) is 5.96 Å². The lowest BCUT2D eigenvalue weighted by atomic mass is 10.2. The van der Waals surface area contributed by atoms with Crippen molar-refractivity contribution in [2.75, 3.05) is 25.0 Å². The molecule has 1 saturated heterocycles. The number of anilines is 1. The standard InChI is InChI=1S/C17H25F3N4O.HI/c1-12(2)11-24-9-3-4-14(24)10-22-16(21)23-13-5-7-15(8-6-13)25-17(18,19)20;/h5-8,12,14H,3-4,9-11H2,1-2H3,(H3,21,22,23);1H/t14-;/m1./s1. The van der Waals surface area contributed by atoms with Crippen LogP contribution in [0.3, 0.4) is 0 Å². The van der Waals surface area contributed by atoms with E-state index in [9.17, 15) is 13.2 Å². The van der Waals surface area contributed by atoms with Crippen molar-refractivity contribution in [3.05, 3.63) is 24.3 Å². The van der Waals surface area contributed by atoms with Gasteiger partial charge in [0.1, 0.15) is 5.75 Å². The third-order valence-corrected chi connectivity index (χ3v) is 3.93. The SMILES string of the molecule is CC(C)CN1CCC[C@@H]1CN=C(N)Nc1ccc(OC(F)(F)F)cc1.I. The topological polar surface area (TPSA) is 62.9 Å². The number of rotatable bonds is 6. The molecule has 1 fully saturated rings. The van der Waals surface area contributed by atoms with E-state index < -0.39 is 6.36 Å². The van der Waals surface area contributed by atoms with E-state index in [2.05, 4.69) is 33.8 Å². The Morgan fingerprint density at radius 1 is 1.35 bits per heavy atom. The van der Waals surface area contributed by atoms with E-state index >= 15 is 0 Å². The molecule has 0 aliphatic carbocycles. The second-order valence-electron chi connectivity index (χ2n) is 6.61. The van der Waals surface area contributed by atoms with Crippen LogP contribution in [0.5, 0.6) is 5.75 Å². The van der Waals surface area contributed by atoms with E-state index in [1.165, 1.54) is 30.7 Å². The normalized spacial score (nSPS) is 18.7. The molecular weight excluding hydrogens is 460 g/mol. The Hall–Kier alpha value is -1.23. The molecule has 1 aromatic carbocycles. The van der Waals surface area contributed by atoms with Crippen molar-refractivity contribution in [2.45, 2.75) is 39.1 Å². The fourth-order valence-electron chi connectivity index (χ4n) is 2.94. The third kappa shape index (κ3) is 7.98. The first kappa shape index (κ1) is 22.8. The van der Waals surface area contributed by atoms with Gasteiger partial charge in [-0.2, -0.15) is 0 Å². The third-order valence-electron chi connectivity index (χ3n) is 3.93. The molecule has 1 heterocycles. The summed E-state index contributed by atoms with van der Waals surface area (Å²) in [6.07, 6.45) is -2.42. The van der Waals surface area contributed by atoms with Gasteiger partial charge in [0.25, 0.3) is 0 Å². The van der Waals surface area contributed by atoms with E-state index in [1.807, 2.05) is 0 Å². The number of hydrogen-bond acceptors (Lipinski definition) is 3. The number of nitrogens with two attached hydrogens (primary N) is 1. The van der Waals surface area contributed by atoms with E-state index in [-0.39, 0.29) is 35.7 Å². The molecule has 0 aromatic heterocycles. The van der Waals surface area contributed by atoms with Crippen LogP contribution in [0.2, 0.25) is 0 Å². The molecule has 0 bridgehead atoms. The summed E-state index contributed by atoms with van der Waals surface area (Å²) in [5, 5.41) is 2.88. The maximum atomic E-state index is 12.1. The lowest BCUT2D eigenvalue weighted by Crippen LogP contribution is -2.35. The Kier molecular flexibility index (Phi) is 8.94. The van der Waals surface area contributed by atoms with E-state index in [1.54, 1.807) is 0 Å². The van der Waals surface area contributed by atoms with Crippen molar-refractivity contribution in [3.63, 3.8) is 0 Å². The highest BCUT2D eigenvalue weighted by Gasteiger charge is 2.31. The average Bonchev–Trinajstić information content (AvgIpc) is 2.92. The Labute approximate surface area is 169 Å². The summed E-state index contributed by atoms with van der Waals surface area (Å²) < 4.78 is 40.2. The average molecular weight is 486 g/mol. The van der Waals surface area contributed by atoms with Gasteiger partial charge in [0.05, 0.1) is 6.54 Å². The predicted octanol–water partition coefficient (Wildman–Crippen LogP) is 4.05. The Balaban J connectivity index is 0.00000338. The Morgan fingerprint density at radius 3 is 2.58 bits per heavy atom. The van der Waals surface area contributed by atoms with Gasteiger partial charge >= 0.3 is 6.36 Å². The lowest BCUT2D eigenvalue weighted by molar-refractivity contribution is -0.274. The molecule has 1 atom stereocenters. The number of likely N-dealkylation sites (tertiary alicyclic amines) is 1. The molecule has 2 rings (SSSR count). The van der Waals surface area contributed by atoms with Gasteiger partial charge in [0.2, 0.25) is 0 Å². The van der Waals surface area contributed by atoms with Crippen LogP contribution < -0.4 is 15.8 Å². The molecule has 148 valence electrons. The monoisotopic (exact) mass is 486 g/mol. The van der Waals surface area contributed by atoms with Gasteiger partial charge in [-0.25, -0.2) is 0 Å². The van der Waals surface area contributed by atoms with Gasteiger partial charge in [-0.15, -0.1) is 37.1 Å². The van der Waals surface area contributed by atoms with Crippen LogP contribution in [0.1, 0.15) is 26.7 Å². The second-order valence-corrected chi connectivity index (χ2v) is 6.61. The van der Waals surface area contributed by atoms with Gasteiger partial charge in [-0.05, 0) is 49.6 Å². The van der Waals surface area contributed by atoms with Crippen molar-refractivity contribution < 1.29 is 17.9 Å². The molecule has 0 amide bonds. The van der Waals surface area contributed by atoms with Gasteiger partial charge in [0, 0.05) is 18.3 Å². The molecule has 9 heteroatoms. The van der Waals surface area contributed by atoms with E-state index in [0.717, 1.165) is 19.5 Å². The fraction of sp³-hybridized carbons (Fsp3) is 0.588. The minimum atomic E-state index is -4.70. The van der Waals surface area contributed by atoms with Crippen molar-refractivity contribution in [1.29, 1.82) is 0 Å². The lowest BCUT2D eigenvalue weighted by Gasteiger charge is -2.24. The number of nitrogens with one attached hydrogen (secondary N) is 1. The quantitative estimate of drug-likeness (QED) is 0.362. The molecule has 0 spiro atoms. The second kappa shape index (κ2) is 10.2. The summed E-state index contributed by atoms with van der Waals surface area (Å²) in [6, 6.07) is 5.77. The number of ether oxygens (including phenoxy) is 1. The summed E-state index contributed by atoms with van der Waals surface area (Å²) >= 11 is 0. The summed E-state index contributed by atoms with van der Waals surface area (Å²) in [6.45, 7) is 7.14. The molecule has 1 aromatic rings. The van der Waals surface area contributed by atoms with Gasteiger partial charge < -0.3 is 15.8 Å². The van der Waals surface area contributed by atoms with Crippen LogP contribution in [-0.2, 0) is 0 Å². The summed E-state index contributed by atoms with van der Waals surface area (Å²) in [7, 11) is 0. The zero-order valence-electron chi connectivity index (χ0n) is 14.9. The van der Waals surface area contributed by atoms with Crippen LogP contribution in [-0.4, -0.2) is 42.9 Å². The van der Waals surface area contributed by atoms with E-state index in [4.69, 9.17) is 5.73 Å². The Bertz CT molecular complexity index is 578. The first-order valence-electron chi connectivity index (χ1n) is 8.40. The number of nitrogens with zero attached hydrogens (tertiary/aromatic N) is 2. The number of benzene rings is 1. The molecule has 3 N–H and O–H groups in total. The van der Waals surface area contributed by atoms with Crippen molar-refractivity contribution in [2.24, 2.45) is 16.6 Å². The first-order valence-corrected chi connectivity index (χ1v) is 8.40. The Morgan fingerprint density at radius 2 is 2.00 bits per heavy atom. The minimum Gasteiger partial charge on any atom is -0.406 e. The first-order chi connectivity index (χ1) is 11.7. The highest BCUT2D eigenvalue weighted by Crippen LogP contribution is 2.24. The summed E-state index contributed by atoms with van der Waals surface area (Å²) in [5.41, 5.74) is 6.44. The molecule has 1 aliphatic heterocycles. The predicted molar refractivity (Wildman–Crippen MR) is 108 cm³/mol. The minimum absolute atomic E-state index is 0. The molecule has 0 saturated carbocycles. The highest BCUT2D eigenvalue weighted by molar-refractivity contribution is 14.0. The largest absolute Gasteiger partial charge is 0.573 e. The molecular formula is C17H26F3IN4O. The molecule has 26 heavy (non-hydrogen) atoms. The number of aliphatic imine (C=N–C) groups is 1. The van der Waals surface area contributed by atoms with Crippen LogP contribution in [0.15, 0.2) is 29.3 Å². The molecule has 5 nitrogen and oxygen atoms in total. The molecule has 1 aliphatic rings. The van der Waals surface area contributed by atoms with Crippen LogP contribution >= 0.6 is 24.0 Å². The van der Waals surface area contributed by atoms with Crippen molar-refractivity contribution in [1.82, 2.24) is 4.90 Å². The molecule has 0 unspecified atom stereocenters. The molecule has 0 radical (unpaired) electrons. The van der Waals surface area contributed by atoms with Crippen LogP contribution in [0.4, 0.5) is 18.9 Å². The van der Waals surface area contributed by atoms with Gasteiger partial charge in [-0.1, -0.05) is 13.8 Å². The highest BCUT2D eigenvalue weighted by atomic mass is 127.